The summed E-state index contributed by atoms with van der Waals surface area (Å²) in [4.78, 5) is 0.178. The van der Waals surface area contributed by atoms with E-state index < -0.39 is 17.3 Å². The van der Waals surface area contributed by atoms with Gasteiger partial charge in [-0.05, 0) is 30.7 Å². The second kappa shape index (κ2) is 4.65. The van der Waals surface area contributed by atoms with E-state index in [0.29, 0.717) is 13.1 Å². The Bertz CT molecular complexity index is 483. The molecule has 0 spiro atoms. The van der Waals surface area contributed by atoms with Crippen molar-refractivity contribution in [2.75, 3.05) is 13.1 Å². The van der Waals surface area contributed by atoms with Gasteiger partial charge in [0.25, 0.3) is 0 Å². The highest BCUT2D eigenvalue weighted by Crippen LogP contribution is 2.23. The first-order chi connectivity index (χ1) is 8.00. The maximum atomic E-state index is 11.9. The Labute approximate surface area is 99.7 Å². The number of rotatable bonds is 4. The monoisotopic (exact) mass is 257 g/mol. The molecule has 1 aromatic rings. The molecule has 1 aliphatic heterocycles. The average molecular weight is 257 g/mol. The summed E-state index contributed by atoms with van der Waals surface area (Å²) in [5, 5.41) is 17.2. The van der Waals surface area contributed by atoms with Crippen LogP contribution in [0.4, 0.5) is 0 Å². The summed E-state index contributed by atoms with van der Waals surface area (Å²) >= 11 is 0. The maximum absolute atomic E-state index is 11.9. The molecule has 0 bridgehead atoms. The van der Waals surface area contributed by atoms with Gasteiger partial charge >= 0.3 is 7.32 Å². The van der Waals surface area contributed by atoms with Crippen LogP contribution in [-0.2, 0) is 10.0 Å². The minimum Gasteiger partial charge on any atom is -0.512 e. The molecule has 6 nitrogen and oxygen atoms in total. The van der Waals surface area contributed by atoms with Crippen molar-refractivity contribution in [3.05, 3.63) is 24.3 Å². The first-order valence-electron chi connectivity index (χ1n) is 5.13. The molecule has 92 valence electrons. The van der Waals surface area contributed by atoms with Gasteiger partial charge in [0, 0.05) is 13.1 Å². The first kappa shape index (κ1) is 12.4. The highest BCUT2D eigenvalue weighted by Gasteiger charge is 2.29. The minimum atomic E-state index is -3.39. The summed E-state index contributed by atoms with van der Waals surface area (Å²) in [6.07, 6.45) is 0.886. The Kier molecular flexibility index (Phi) is 3.39. The molecule has 0 saturated carbocycles. The van der Waals surface area contributed by atoms with Gasteiger partial charge in [0.15, 0.2) is 0 Å². The second-order valence-electron chi connectivity index (χ2n) is 3.67. The first-order valence-corrected chi connectivity index (χ1v) is 6.57. The SMILES string of the molecule is O=S(=O)(c1ccc(OB(O)O)cc1)N1CCC1. The van der Waals surface area contributed by atoms with E-state index in [4.69, 9.17) is 10.0 Å². The molecule has 2 N–H and O–H groups in total. The molecule has 0 aromatic heterocycles. The van der Waals surface area contributed by atoms with Crippen LogP contribution in [0, 0.1) is 0 Å². The van der Waals surface area contributed by atoms with E-state index in [-0.39, 0.29) is 10.6 Å². The third-order valence-electron chi connectivity index (χ3n) is 2.52. The van der Waals surface area contributed by atoms with Crippen molar-refractivity contribution in [3.63, 3.8) is 0 Å². The molecule has 0 aliphatic carbocycles. The molecular formula is C9H12BNO5S. The van der Waals surface area contributed by atoms with Gasteiger partial charge in [0.05, 0.1) is 4.90 Å². The van der Waals surface area contributed by atoms with E-state index >= 15 is 0 Å². The van der Waals surface area contributed by atoms with Crippen molar-refractivity contribution in [2.24, 2.45) is 0 Å². The molecule has 2 rings (SSSR count). The van der Waals surface area contributed by atoms with Crippen LogP contribution in [0.1, 0.15) is 6.42 Å². The molecule has 1 saturated heterocycles. The number of nitrogens with zero attached hydrogens (tertiary/aromatic N) is 1. The molecule has 8 heteroatoms. The van der Waals surface area contributed by atoms with Gasteiger partial charge in [-0.3, -0.25) is 0 Å². The van der Waals surface area contributed by atoms with E-state index in [1.807, 2.05) is 0 Å². The molecule has 1 heterocycles. The van der Waals surface area contributed by atoms with Gasteiger partial charge in [-0.2, -0.15) is 4.31 Å². The minimum absolute atomic E-state index is 0.178. The van der Waals surface area contributed by atoms with Crippen molar-refractivity contribution in [1.82, 2.24) is 4.31 Å². The molecule has 1 aliphatic rings. The number of sulfonamides is 1. The lowest BCUT2D eigenvalue weighted by atomic mass is 10.2. The van der Waals surface area contributed by atoms with Crippen molar-refractivity contribution in [1.29, 1.82) is 0 Å². The largest absolute Gasteiger partial charge is 0.707 e. The smallest absolute Gasteiger partial charge is 0.512 e. The lowest BCUT2D eigenvalue weighted by Gasteiger charge is -2.29. The zero-order valence-electron chi connectivity index (χ0n) is 8.98. The predicted molar refractivity (Wildman–Crippen MR) is 60.6 cm³/mol. The molecule has 1 aromatic carbocycles. The third kappa shape index (κ3) is 2.60. The average Bonchev–Trinajstić information content (AvgIpc) is 2.13. The molecule has 0 atom stereocenters. The van der Waals surface area contributed by atoms with Gasteiger partial charge in [-0.25, -0.2) is 8.42 Å². The van der Waals surface area contributed by atoms with Crippen LogP contribution < -0.4 is 4.65 Å². The van der Waals surface area contributed by atoms with E-state index in [2.05, 4.69) is 4.65 Å². The Morgan fingerprint density at radius 3 is 2.18 bits per heavy atom. The normalized spacial score (nSPS) is 16.4. The predicted octanol–water partition coefficient (Wildman–Crippen LogP) is -0.571. The number of benzene rings is 1. The van der Waals surface area contributed by atoms with Crippen LogP contribution in [0.25, 0.3) is 0 Å². The highest BCUT2D eigenvalue weighted by atomic mass is 32.2. The molecular weight excluding hydrogens is 245 g/mol. The topological polar surface area (TPSA) is 87.1 Å². The van der Waals surface area contributed by atoms with Crippen LogP contribution in [0.3, 0.4) is 0 Å². The Morgan fingerprint density at radius 2 is 1.76 bits per heavy atom. The lowest BCUT2D eigenvalue weighted by molar-refractivity contribution is 0.288. The standard InChI is InChI=1S/C9H12BNO5S/c12-10(13)16-8-2-4-9(5-3-8)17(14,15)11-6-1-7-11/h2-5,12-13H,1,6-7H2. The summed E-state index contributed by atoms with van der Waals surface area (Å²) < 4.78 is 29.8. The zero-order valence-corrected chi connectivity index (χ0v) is 9.80. The fourth-order valence-electron chi connectivity index (χ4n) is 1.49. The quantitative estimate of drug-likeness (QED) is 0.705. The fourth-order valence-corrected chi connectivity index (χ4v) is 3.01. The summed E-state index contributed by atoms with van der Waals surface area (Å²) in [5.41, 5.74) is 0. The van der Waals surface area contributed by atoms with Crippen LogP contribution >= 0.6 is 0 Å². The van der Waals surface area contributed by atoms with E-state index in [0.717, 1.165) is 6.42 Å². The van der Waals surface area contributed by atoms with Crippen molar-refractivity contribution >= 4 is 17.3 Å². The fraction of sp³-hybridized carbons (Fsp3) is 0.333. The Balaban J connectivity index is 2.17. The summed E-state index contributed by atoms with van der Waals surface area (Å²) in [7, 11) is -5.30. The molecule has 1 fully saturated rings. The van der Waals surface area contributed by atoms with Crippen molar-refractivity contribution in [3.8, 4) is 5.75 Å². The van der Waals surface area contributed by atoms with Gasteiger partial charge < -0.3 is 14.7 Å². The van der Waals surface area contributed by atoms with Gasteiger partial charge in [0.1, 0.15) is 5.75 Å². The molecule has 17 heavy (non-hydrogen) atoms. The number of hydrogen-bond donors (Lipinski definition) is 2. The van der Waals surface area contributed by atoms with Crippen molar-refractivity contribution in [2.45, 2.75) is 11.3 Å². The van der Waals surface area contributed by atoms with Crippen LogP contribution in [0.15, 0.2) is 29.2 Å². The summed E-state index contributed by atoms with van der Waals surface area (Å²) in [6.45, 7) is 1.10. The lowest BCUT2D eigenvalue weighted by Crippen LogP contribution is -2.41. The van der Waals surface area contributed by atoms with E-state index in [1.165, 1.54) is 28.6 Å². The van der Waals surface area contributed by atoms with Crippen LogP contribution in [-0.4, -0.2) is 43.2 Å². The van der Waals surface area contributed by atoms with Crippen molar-refractivity contribution < 1.29 is 23.1 Å². The van der Waals surface area contributed by atoms with Gasteiger partial charge in [-0.1, -0.05) is 0 Å². The zero-order chi connectivity index (χ0) is 12.5. The van der Waals surface area contributed by atoms with E-state index in [9.17, 15) is 8.42 Å². The van der Waals surface area contributed by atoms with Crippen LogP contribution in [0.2, 0.25) is 0 Å². The maximum Gasteiger partial charge on any atom is 0.707 e. The summed E-state index contributed by atoms with van der Waals surface area (Å²) in [6, 6.07) is 5.52. The van der Waals surface area contributed by atoms with Gasteiger partial charge in [-0.15, -0.1) is 0 Å². The number of hydrogen-bond acceptors (Lipinski definition) is 5. The molecule has 0 radical (unpaired) electrons. The van der Waals surface area contributed by atoms with E-state index in [1.54, 1.807) is 0 Å². The highest BCUT2D eigenvalue weighted by molar-refractivity contribution is 7.89. The second-order valence-corrected chi connectivity index (χ2v) is 5.61. The molecule has 0 unspecified atom stereocenters. The summed E-state index contributed by atoms with van der Waals surface area (Å²) in [5.74, 6) is 0.197. The third-order valence-corrected chi connectivity index (χ3v) is 4.43. The Morgan fingerprint density at radius 1 is 1.18 bits per heavy atom. The van der Waals surface area contributed by atoms with Gasteiger partial charge in [0.2, 0.25) is 10.0 Å². The van der Waals surface area contributed by atoms with Crippen LogP contribution in [0.5, 0.6) is 5.75 Å². The Hall–Kier alpha value is -1.09. The molecule has 0 amide bonds.